The van der Waals surface area contributed by atoms with E-state index in [1.165, 1.54) is 0 Å². The zero-order valence-corrected chi connectivity index (χ0v) is 48.7. The first-order valence-corrected chi connectivity index (χ1v) is 28.5. The van der Waals surface area contributed by atoms with Crippen molar-refractivity contribution in [1.29, 1.82) is 0 Å². The number of aliphatic carboxylic acids is 1. The van der Waals surface area contributed by atoms with Gasteiger partial charge < -0.3 is 30.0 Å². The second-order valence-corrected chi connectivity index (χ2v) is 23.2. The van der Waals surface area contributed by atoms with Crippen LogP contribution in [0.15, 0.2) is 212 Å². The zero-order valence-electron chi connectivity index (χ0n) is 48.7. The number of ether oxygens (including phenoxy) is 3. The predicted molar refractivity (Wildman–Crippen MR) is 323 cm³/mol. The maximum absolute atomic E-state index is 14.1. The van der Waals surface area contributed by atoms with Gasteiger partial charge in [0.05, 0.1) is 23.0 Å². The summed E-state index contributed by atoms with van der Waals surface area (Å²) in [6.07, 6.45) is 2.24. The van der Waals surface area contributed by atoms with Crippen LogP contribution in [0.2, 0.25) is 0 Å². The first kappa shape index (κ1) is 62.5. The van der Waals surface area contributed by atoms with Gasteiger partial charge in [-0.3, -0.25) is 19.2 Å². The van der Waals surface area contributed by atoms with Crippen molar-refractivity contribution in [2.24, 2.45) is 23.7 Å². The molecule has 0 aliphatic rings. The number of hydrogen-bond acceptors (Lipinski definition) is 7. The summed E-state index contributed by atoms with van der Waals surface area (Å²) in [7, 11) is 0. The second-order valence-electron chi connectivity index (χ2n) is 23.2. The number of benzene rings is 7. The monoisotopic (exact) mass is 1090 g/mol. The van der Waals surface area contributed by atoms with Crippen LogP contribution in [0, 0.1) is 23.7 Å². The van der Waals surface area contributed by atoms with Gasteiger partial charge in [0.15, 0.2) is 0 Å². The lowest BCUT2D eigenvalue weighted by Gasteiger charge is -2.37. The van der Waals surface area contributed by atoms with Crippen molar-refractivity contribution in [3.05, 3.63) is 251 Å². The number of carbonyl (C=O) groups is 4. The van der Waals surface area contributed by atoms with Crippen LogP contribution in [0.4, 0.5) is 0 Å². The summed E-state index contributed by atoms with van der Waals surface area (Å²) in [4.78, 5) is 53.4. The maximum atomic E-state index is 14.1. The molecule has 0 saturated heterocycles. The number of carboxylic acids is 1. The zero-order chi connectivity index (χ0) is 58.3. The van der Waals surface area contributed by atoms with Crippen LogP contribution in [-0.4, -0.2) is 53.3 Å². The fourth-order valence-corrected chi connectivity index (χ4v) is 9.92. The highest BCUT2D eigenvalue weighted by Crippen LogP contribution is 2.39. The minimum Gasteiger partial charge on any atom is -0.481 e. The van der Waals surface area contributed by atoms with Gasteiger partial charge in [-0.25, -0.2) is 0 Å². The molecule has 2 amide bonds. The van der Waals surface area contributed by atoms with E-state index in [9.17, 15) is 24.3 Å². The first-order chi connectivity index (χ1) is 38.8. The van der Waals surface area contributed by atoms with Crippen LogP contribution in [0.25, 0.3) is 0 Å². The first-order valence-electron chi connectivity index (χ1n) is 28.5. The fourth-order valence-electron chi connectivity index (χ4n) is 9.92. The van der Waals surface area contributed by atoms with E-state index in [0.29, 0.717) is 32.5 Å². The van der Waals surface area contributed by atoms with E-state index in [-0.39, 0.29) is 60.3 Å². The Morgan fingerprint density at radius 3 is 0.963 bits per heavy atom. The molecule has 0 unspecified atom stereocenters. The molecule has 7 aromatic rings. The van der Waals surface area contributed by atoms with E-state index in [4.69, 9.17) is 14.2 Å². The quantitative estimate of drug-likeness (QED) is 0.0360. The molecule has 0 aliphatic heterocycles. The molecule has 0 heterocycles. The molecule has 3 N–H and O–H groups in total. The number of amides is 2. The second kappa shape index (κ2) is 30.2. The third kappa shape index (κ3) is 19.0. The summed E-state index contributed by atoms with van der Waals surface area (Å²) >= 11 is 0. The third-order valence-electron chi connectivity index (χ3n) is 14.3. The lowest BCUT2D eigenvalue weighted by Crippen LogP contribution is -2.48. The van der Waals surface area contributed by atoms with Crippen LogP contribution < -0.4 is 10.6 Å². The number of hydrogen-bond donors (Lipinski definition) is 3. The van der Waals surface area contributed by atoms with Crippen molar-refractivity contribution in [3.8, 4) is 0 Å². The molecule has 0 bridgehead atoms. The average molecular weight is 1090 g/mol. The molecule has 0 fully saturated rings. The molecule has 0 saturated carbocycles. The Balaban J connectivity index is 0.000000265. The molecule has 426 valence electrons. The minimum absolute atomic E-state index is 0.00865. The van der Waals surface area contributed by atoms with Crippen molar-refractivity contribution in [1.82, 2.24) is 10.6 Å². The van der Waals surface area contributed by atoms with Gasteiger partial charge in [-0.05, 0) is 118 Å². The summed E-state index contributed by atoms with van der Waals surface area (Å²) in [6.45, 7) is 17.6. The molecule has 0 aromatic heterocycles. The van der Waals surface area contributed by atoms with Gasteiger partial charge in [0.1, 0.15) is 17.7 Å². The fraction of sp³-hybridized carbons (Fsp3) is 0.352. The maximum Gasteiger partial charge on any atom is 0.309 e. The van der Waals surface area contributed by atoms with E-state index in [1.807, 2.05) is 254 Å². The number of carbonyl (C=O) groups excluding carboxylic acids is 3. The van der Waals surface area contributed by atoms with E-state index in [1.54, 1.807) is 0 Å². The molecule has 0 radical (unpaired) electrons. The Labute approximate surface area is 481 Å². The lowest BCUT2D eigenvalue weighted by atomic mass is 9.76. The van der Waals surface area contributed by atoms with Gasteiger partial charge in [-0.2, -0.15) is 0 Å². The van der Waals surface area contributed by atoms with E-state index >= 15 is 0 Å². The Hall–Kier alpha value is -7.66. The molecule has 81 heavy (non-hydrogen) atoms. The summed E-state index contributed by atoms with van der Waals surface area (Å²) < 4.78 is 17.6. The van der Waals surface area contributed by atoms with E-state index in [0.717, 1.165) is 45.4 Å². The largest absolute Gasteiger partial charge is 0.481 e. The van der Waals surface area contributed by atoms with Gasteiger partial charge in [0, 0.05) is 26.1 Å². The summed E-state index contributed by atoms with van der Waals surface area (Å²) in [5.74, 6) is -2.81. The van der Waals surface area contributed by atoms with Gasteiger partial charge in [0.25, 0.3) is 0 Å². The van der Waals surface area contributed by atoms with Gasteiger partial charge in [-0.15, -0.1) is 0 Å². The molecule has 7 rings (SSSR count). The topological polar surface area (TPSA) is 140 Å². The smallest absolute Gasteiger partial charge is 0.309 e. The SMILES string of the molecule is C[C@H](CC[C@@H](CC(=O)NC(c1ccccc1)(c1ccccc1)c1ccccc1)C(=O)O)COC(C)(C)C.C[C@H](CC[C@@H](CC(=O)NC(c1ccccc1)(c1ccccc1)c1ccccc1)C(=O)OCc1ccccc1)COC(C)(C)C. The highest BCUT2D eigenvalue weighted by atomic mass is 16.5. The van der Waals surface area contributed by atoms with E-state index < -0.39 is 28.9 Å². The van der Waals surface area contributed by atoms with Crippen molar-refractivity contribution in [2.75, 3.05) is 13.2 Å². The summed E-state index contributed by atoms with van der Waals surface area (Å²) in [5, 5.41) is 16.6. The summed E-state index contributed by atoms with van der Waals surface area (Å²) in [6, 6.07) is 69.0. The molecule has 7 aromatic carbocycles. The predicted octanol–water partition coefficient (Wildman–Crippen LogP) is 14.5. The molecule has 10 heteroatoms. The van der Waals surface area contributed by atoms with Crippen molar-refractivity contribution < 1.29 is 38.5 Å². The highest BCUT2D eigenvalue weighted by molar-refractivity contribution is 5.85. The minimum atomic E-state index is -0.961. The van der Waals surface area contributed by atoms with Crippen molar-refractivity contribution in [2.45, 2.75) is 123 Å². The molecule has 10 nitrogen and oxygen atoms in total. The molecule has 0 aliphatic carbocycles. The summed E-state index contributed by atoms with van der Waals surface area (Å²) in [5.41, 5.74) is 4.03. The number of rotatable bonds is 26. The Kier molecular flexibility index (Phi) is 23.3. The molecule has 4 atom stereocenters. The lowest BCUT2D eigenvalue weighted by molar-refractivity contribution is -0.152. The average Bonchev–Trinajstić information content (AvgIpc) is 3.61. The molecular formula is C71H84N2O8. The number of carboxylic acid groups (broad SMARTS) is 1. The van der Waals surface area contributed by atoms with Gasteiger partial charge in [-0.1, -0.05) is 226 Å². The Morgan fingerprint density at radius 1 is 0.407 bits per heavy atom. The standard InChI is InChI=1S/C39H45NO4.C32H39NO4/c1-30(28-44-38(2,3)4)25-26-32(37(42)43-29-31-17-9-5-10-18-31)27-36(41)40-39(33-19-11-6-12-20-33,34-21-13-7-14-22-34)35-23-15-8-16-24-35;1-24(23-37-31(2,3)4)20-21-25(30(35)36)22-29(34)33-32(26-14-8-5-9-15-26,27-16-10-6-11-17-27)28-18-12-7-13-19-28/h5-24,30,32H,25-29H2,1-4H3,(H,40,41);5-19,24-25H,20-23H2,1-4H3,(H,33,34)(H,35,36)/t30-,32+;24-,25+/m11/s1. The third-order valence-corrected chi connectivity index (χ3v) is 14.3. The Bertz CT molecular complexity index is 2770. The number of esters is 1. The number of nitrogens with one attached hydrogen (secondary N) is 2. The Morgan fingerprint density at radius 2 is 0.679 bits per heavy atom. The van der Waals surface area contributed by atoms with Gasteiger partial charge >= 0.3 is 11.9 Å². The van der Waals surface area contributed by atoms with Crippen LogP contribution in [0.1, 0.15) is 133 Å². The highest BCUT2D eigenvalue weighted by Gasteiger charge is 2.40. The van der Waals surface area contributed by atoms with Crippen LogP contribution in [0.3, 0.4) is 0 Å². The normalized spacial score (nSPS) is 13.3. The molecule has 0 spiro atoms. The van der Waals surface area contributed by atoms with Crippen LogP contribution in [-0.2, 0) is 51.1 Å². The molecular weight excluding hydrogens is 1010 g/mol. The van der Waals surface area contributed by atoms with Crippen LogP contribution in [0.5, 0.6) is 0 Å². The van der Waals surface area contributed by atoms with Gasteiger partial charge in [0.2, 0.25) is 11.8 Å². The van der Waals surface area contributed by atoms with Crippen molar-refractivity contribution >= 4 is 23.8 Å². The van der Waals surface area contributed by atoms with E-state index in [2.05, 4.69) is 24.5 Å². The van der Waals surface area contributed by atoms with Crippen LogP contribution >= 0.6 is 0 Å². The van der Waals surface area contributed by atoms with Crippen molar-refractivity contribution in [3.63, 3.8) is 0 Å².